The van der Waals surface area contributed by atoms with Crippen LogP contribution in [0.15, 0.2) is 18.2 Å². The molecule has 2 N–H and O–H groups in total. The van der Waals surface area contributed by atoms with Crippen LogP contribution < -0.4 is 20.1 Å². The molecule has 0 unspecified atom stereocenters. The fourth-order valence-corrected chi connectivity index (χ4v) is 2.20. The Labute approximate surface area is 133 Å². The van der Waals surface area contributed by atoms with Crippen molar-refractivity contribution in [1.29, 1.82) is 0 Å². The number of carbonyl (C=O) groups is 3. The first kappa shape index (κ1) is 16.6. The lowest BCUT2D eigenvalue weighted by Crippen LogP contribution is -2.41. The minimum absolute atomic E-state index is 0.372. The predicted octanol–water partition coefficient (Wildman–Crippen LogP) is 0.973. The van der Waals surface area contributed by atoms with Crippen molar-refractivity contribution in [3.63, 3.8) is 0 Å². The van der Waals surface area contributed by atoms with Gasteiger partial charge in [0, 0.05) is 6.07 Å². The summed E-state index contributed by atoms with van der Waals surface area (Å²) in [6.07, 6.45) is 0. The number of imide groups is 1. The van der Waals surface area contributed by atoms with Gasteiger partial charge in [-0.3, -0.25) is 14.5 Å². The Bertz CT molecular complexity index is 657. The topological polar surface area (TPSA) is 97.0 Å². The Morgan fingerprint density at radius 1 is 1.26 bits per heavy atom. The number of anilines is 1. The molecule has 0 bridgehead atoms. The van der Waals surface area contributed by atoms with E-state index in [9.17, 15) is 14.4 Å². The number of urea groups is 1. The first-order chi connectivity index (χ1) is 10.8. The SMILES string of the molecule is COc1ccc(NC(=O)CN2C(=O)NC(C)(C)C2=O)c(OC)c1. The number of carbonyl (C=O) groups excluding carboxylic acids is 3. The van der Waals surface area contributed by atoms with E-state index in [-0.39, 0.29) is 6.54 Å². The number of amides is 4. The van der Waals surface area contributed by atoms with E-state index in [2.05, 4.69) is 10.6 Å². The van der Waals surface area contributed by atoms with E-state index in [1.165, 1.54) is 14.2 Å². The third-order valence-electron chi connectivity index (χ3n) is 3.43. The molecule has 8 nitrogen and oxygen atoms in total. The van der Waals surface area contributed by atoms with Crippen molar-refractivity contribution in [2.24, 2.45) is 0 Å². The lowest BCUT2D eigenvalue weighted by molar-refractivity contribution is -0.132. The van der Waals surface area contributed by atoms with Crippen LogP contribution in [0.25, 0.3) is 0 Å². The number of hydrogen-bond donors (Lipinski definition) is 2. The molecule has 4 amide bonds. The smallest absolute Gasteiger partial charge is 0.325 e. The number of ether oxygens (including phenoxy) is 2. The maximum Gasteiger partial charge on any atom is 0.325 e. The van der Waals surface area contributed by atoms with Gasteiger partial charge in [-0.1, -0.05) is 0 Å². The molecule has 8 heteroatoms. The Kier molecular flexibility index (Phi) is 4.44. The van der Waals surface area contributed by atoms with E-state index >= 15 is 0 Å². The minimum Gasteiger partial charge on any atom is -0.497 e. The van der Waals surface area contributed by atoms with Crippen molar-refractivity contribution in [1.82, 2.24) is 10.2 Å². The first-order valence-corrected chi connectivity index (χ1v) is 6.94. The van der Waals surface area contributed by atoms with Crippen LogP contribution >= 0.6 is 0 Å². The molecule has 23 heavy (non-hydrogen) atoms. The quantitative estimate of drug-likeness (QED) is 0.788. The van der Waals surface area contributed by atoms with Crippen LogP contribution in [-0.2, 0) is 9.59 Å². The molecule has 1 aromatic carbocycles. The molecule has 124 valence electrons. The van der Waals surface area contributed by atoms with Gasteiger partial charge in [-0.15, -0.1) is 0 Å². The molecule has 1 aliphatic heterocycles. The zero-order valence-corrected chi connectivity index (χ0v) is 13.4. The summed E-state index contributed by atoms with van der Waals surface area (Å²) < 4.78 is 10.3. The number of methoxy groups -OCH3 is 2. The van der Waals surface area contributed by atoms with Crippen LogP contribution in [-0.4, -0.2) is 49.0 Å². The van der Waals surface area contributed by atoms with Gasteiger partial charge in [0.2, 0.25) is 5.91 Å². The molecule has 1 aliphatic rings. The fraction of sp³-hybridized carbons (Fsp3) is 0.400. The third kappa shape index (κ3) is 3.36. The zero-order valence-electron chi connectivity index (χ0n) is 13.4. The average molecular weight is 321 g/mol. The minimum atomic E-state index is -1.00. The maximum absolute atomic E-state index is 12.1. The van der Waals surface area contributed by atoms with Gasteiger partial charge < -0.3 is 20.1 Å². The predicted molar refractivity (Wildman–Crippen MR) is 82.5 cm³/mol. The van der Waals surface area contributed by atoms with Crippen LogP contribution in [0.2, 0.25) is 0 Å². The van der Waals surface area contributed by atoms with Gasteiger partial charge in [0.25, 0.3) is 5.91 Å². The fourth-order valence-electron chi connectivity index (χ4n) is 2.20. The van der Waals surface area contributed by atoms with Gasteiger partial charge in [0.1, 0.15) is 23.6 Å². The van der Waals surface area contributed by atoms with Crippen LogP contribution in [0.1, 0.15) is 13.8 Å². The number of hydrogen-bond acceptors (Lipinski definition) is 5. The number of rotatable bonds is 5. The highest BCUT2D eigenvalue weighted by atomic mass is 16.5. The Morgan fingerprint density at radius 2 is 1.96 bits per heavy atom. The van der Waals surface area contributed by atoms with Gasteiger partial charge in [-0.2, -0.15) is 0 Å². The molecule has 0 aliphatic carbocycles. The van der Waals surface area contributed by atoms with Crippen molar-refractivity contribution in [2.45, 2.75) is 19.4 Å². The number of nitrogens with one attached hydrogen (secondary N) is 2. The van der Waals surface area contributed by atoms with Crippen LogP contribution in [0.3, 0.4) is 0 Å². The summed E-state index contributed by atoms with van der Waals surface area (Å²) in [6, 6.07) is 4.31. The number of benzene rings is 1. The van der Waals surface area contributed by atoms with Gasteiger partial charge in [0.15, 0.2) is 0 Å². The van der Waals surface area contributed by atoms with Crippen LogP contribution in [0.5, 0.6) is 11.5 Å². The van der Waals surface area contributed by atoms with Gasteiger partial charge in [0.05, 0.1) is 19.9 Å². The second-order valence-corrected chi connectivity index (χ2v) is 5.56. The highest BCUT2D eigenvalue weighted by molar-refractivity contribution is 6.09. The van der Waals surface area contributed by atoms with Gasteiger partial charge in [-0.25, -0.2) is 4.79 Å². The lowest BCUT2D eigenvalue weighted by Gasteiger charge is -2.16. The maximum atomic E-state index is 12.1. The van der Waals surface area contributed by atoms with E-state index < -0.39 is 23.4 Å². The van der Waals surface area contributed by atoms with Crippen LogP contribution in [0, 0.1) is 0 Å². The molecule has 1 heterocycles. The summed E-state index contributed by atoms with van der Waals surface area (Å²) >= 11 is 0. The number of nitrogens with zero attached hydrogens (tertiary/aromatic N) is 1. The van der Waals surface area contributed by atoms with Crippen molar-refractivity contribution >= 4 is 23.5 Å². The molecule has 0 radical (unpaired) electrons. The normalized spacial score (nSPS) is 16.1. The van der Waals surface area contributed by atoms with Crippen LogP contribution in [0.4, 0.5) is 10.5 Å². The van der Waals surface area contributed by atoms with E-state index in [0.29, 0.717) is 17.2 Å². The molecule has 2 rings (SSSR count). The summed E-state index contributed by atoms with van der Waals surface area (Å²) in [5.41, 5.74) is -0.584. The Hall–Kier alpha value is -2.77. The highest BCUT2D eigenvalue weighted by Crippen LogP contribution is 2.29. The highest BCUT2D eigenvalue weighted by Gasteiger charge is 2.44. The molecular weight excluding hydrogens is 302 g/mol. The summed E-state index contributed by atoms with van der Waals surface area (Å²) in [7, 11) is 2.98. The summed E-state index contributed by atoms with van der Waals surface area (Å²) in [6.45, 7) is 2.79. The van der Waals surface area contributed by atoms with Crippen molar-refractivity contribution < 1.29 is 23.9 Å². The van der Waals surface area contributed by atoms with Crippen molar-refractivity contribution in [2.75, 3.05) is 26.1 Å². The Balaban J connectivity index is 2.09. The van der Waals surface area contributed by atoms with Gasteiger partial charge >= 0.3 is 6.03 Å². The van der Waals surface area contributed by atoms with E-state index in [1.807, 2.05) is 0 Å². The van der Waals surface area contributed by atoms with E-state index in [1.54, 1.807) is 32.0 Å². The zero-order chi connectivity index (χ0) is 17.2. The monoisotopic (exact) mass is 321 g/mol. The molecule has 1 fully saturated rings. The summed E-state index contributed by atoms with van der Waals surface area (Å²) in [4.78, 5) is 36.8. The standard InChI is InChI=1S/C15H19N3O5/c1-15(2)13(20)18(14(21)17-15)8-12(19)16-10-6-5-9(22-3)7-11(10)23-4/h5-7H,8H2,1-4H3,(H,16,19)(H,17,21). The second kappa shape index (κ2) is 6.15. The largest absolute Gasteiger partial charge is 0.497 e. The lowest BCUT2D eigenvalue weighted by atomic mass is 10.1. The van der Waals surface area contributed by atoms with Crippen molar-refractivity contribution in [3.8, 4) is 11.5 Å². The third-order valence-corrected chi connectivity index (χ3v) is 3.43. The van der Waals surface area contributed by atoms with E-state index in [4.69, 9.17) is 9.47 Å². The van der Waals surface area contributed by atoms with E-state index in [0.717, 1.165) is 4.90 Å². The molecule has 1 saturated heterocycles. The second-order valence-electron chi connectivity index (χ2n) is 5.56. The summed E-state index contributed by atoms with van der Waals surface area (Å²) in [5, 5.41) is 5.13. The first-order valence-electron chi connectivity index (χ1n) is 6.94. The molecular formula is C15H19N3O5. The molecule has 0 atom stereocenters. The summed E-state index contributed by atoms with van der Waals surface area (Å²) in [5.74, 6) is 0.0416. The average Bonchev–Trinajstić information content (AvgIpc) is 2.69. The molecule has 1 aromatic rings. The van der Waals surface area contributed by atoms with Crippen molar-refractivity contribution in [3.05, 3.63) is 18.2 Å². The molecule has 0 aromatic heterocycles. The Morgan fingerprint density at radius 3 is 2.48 bits per heavy atom. The van der Waals surface area contributed by atoms with Gasteiger partial charge in [-0.05, 0) is 26.0 Å². The molecule has 0 spiro atoms. The molecule has 0 saturated carbocycles.